The van der Waals surface area contributed by atoms with Gasteiger partial charge in [-0.25, -0.2) is 0 Å². The summed E-state index contributed by atoms with van der Waals surface area (Å²) in [6, 6.07) is 0. The quantitative estimate of drug-likeness (QED) is 0.0403. The zero-order valence-electron chi connectivity index (χ0n) is 51.6. The van der Waals surface area contributed by atoms with Crippen molar-refractivity contribution in [2.45, 2.75) is 129 Å². The third-order valence-electron chi connectivity index (χ3n) is 12.6. The minimum Gasteiger partial charge on any atom is -0.481 e. The summed E-state index contributed by atoms with van der Waals surface area (Å²) >= 11 is 0. The van der Waals surface area contributed by atoms with Crippen LogP contribution >= 0.6 is 0 Å². The molecule has 502 valence electrons. The number of primary amides is 1. The van der Waals surface area contributed by atoms with Gasteiger partial charge < -0.3 is 99.4 Å². The lowest BCUT2D eigenvalue weighted by molar-refractivity contribution is -0.138. The number of unbranched alkanes of at least 4 members (excludes halogenated alkanes) is 8. The van der Waals surface area contributed by atoms with E-state index in [1.165, 1.54) is 0 Å². The Bertz CT molecular complexity index is 1620. The Morgan fingerprint density at radius 1 is 0.291 bits per heavy atom. The van der Waals surface area contributed by atoms with E-state index in [1.54, 1.807) is 0 Å². The number of hydrogen-bond acceptors (Lipinski definition) is 20. The molecule has 0 aliphatic carbocycles. The van der Waals surface area contributed by atoms with Crippen molar-refractivity contribution in [1.82, 2.24) is 26.6 Å². The summed E-state index contributed by atoms with van der Waals surface area (Å²) in [5, 5.41) is 31.5. The molecule has 0 fully saturated rings. The summed E-state index contributed by atoms with van der Waals surface area (Å²) in [4.78, 5) is 93.4. The van der Waals surface area contributed by atoms with Crippen molar-refractivity contribution in [2.75, 3.05) is 191 Å². The van der Waals surface area contributed by atoms with Gasteiger partial charge in [0.25, 0.3) is 0 Å². The molecule has 0 saturated carbocycles. The largest absolute Gasteiger partial charge is 0.481 e. The molecule has 0 rings (SSSR count). The fourth-order valence-electron chi connectivity index (χ4n) is 7.47. The molecule has 0 saturated heterocycles. The molecule has 28 heteroatoms. The smallest absolute Gasteiger partial charge is 0.303 e. The van der Waals surface area contributed by atoms with Gasteiger partial charge in [-0.3, -0.25) is 38.4 Å². The van der Waals surface area contributed by atoms with E-state index < -0.39 is 23.3 Å². The molecule has 86 heavy (non-hydrogen) atoms. The van der Waals surface area contributed by atoms with Crippen LogP contribution in [0.2, 0.25) is 0 Å². The molecule has 0 atom stereocenters. The first kappa shape index (κ1) is 81.3. The number of amides is 6. The van der Waals surface area contributed by atoms with Gasteiger partial charge in [-0.15, -0.1) is 0 Å². The highest BCUT2D eigenvalue weighted by molar-refractivity contribution is 5.77. The van der Waals surface area contributed by atoms with E-state index in [0.717, 1.165) is 51.4 Å². The zero-order chi connectivity index (χ0) is 63.1. The Hall–Kier alpha value is -4.72. The maximum atomic E-state index is 12.6. The van der Waals surface area contributed by atoms with Gasteiger partial charge in [0.1, 0.15) is 0 Å². The Morgan fingerprint density at radius 3 is 0.802 bits per heavy atom. The molecule has 0 heterocycles. The number of carbonyl (C=O) groups excluding carboxylic acids is 6. The first-order valence-electron chi connectivity index (χ1n) is 30.8. The molecule has 0 aliphatic heterocycles. The minimum absolute atomic E-state index is 0.0785. The number of ether oxygens (including phenoxy) is 12. The topological polar surface area (TPSA) is 374 Å². The molecule has 0 bridgehead atoms. The van der Waals surface area contributed by atoms with Crippen molar-refractivity contribution in [3.63, 3.8) is 0 Å². The van der Waals surface area contributed by atoms with Gasteiger partial charge in [-0.1, -0.05) is 45.4 Å². The van der Waals surface area contributed by atoms with Crippen molar-refractivity contribution in [1.29, 1.82) is 0 Å². The summed E-state index contributed by atoms with van der Waals surface area (Å²) < 4.78 is 67.2. The molecular weight excluding hydrogens is 1130 g/mol. The molecular formula is C58H108N6O22. The van der Waals surface area contributed by atoms with E-state index in [2.05, 4.69) is 26.6 Å². The second-order valence-corrected chi connectivity index (χ2v) is 20.1. The summed E-state index contributed by atoms with van der Waals surface area (Å²) in [5.41, 5.74) is 4.43. The third kappa shape index (κ3) is 60.9. The van der Waals surface area contributed by atoms with E-state index >= 15 is 0 Å². The van der Waals surface area contributed by atoms with E-state index in [1.807, 2.05) is 6.92 Å². The van der Waals surface area contributed by atoms with Gasteiger partial charge in [-0.2, -0.15) is 0 Å². The molecule has 0 aromatic heterocycles. The predicted molar refractivity (Wildman–Crippen MR) is 315 cm³/mol. The molecule has 9 N–H and O–H groups in total. The van der Waals surface area contributed by atoms with Crippen molar-refractivity contribution >= 4 is 47.4 Å². The number of carbonyl (C=O) groups is 8. The molecule has 28 nitrogen and oxygen atoms in total. The average Bonchev–Trinajstić information content (AvgIpc) is 3.64. The highest BCUT2D eigenvalue weighted by Gasteiger charge is 2.30. The number of carboxylic acids is 2. The molecule has 0 aromatic rings. The standard InChI is InChI=1S/C58H108N6O22/c1-2-58(47-84-29-18-53(68)62-23-32-78-38-44-81-41-35-75-26-15-50(59)65,48-85-30-19-54(69)63-24-33-79-39-45-82-42-36-76-27-16-51(66)60-21-11-7-3-5-9-13-56(71)72)49-86-31-20-55(70)64-25-34-80-40-46-83-43-37-77-28-17-52(67)61-22-12-8-4-6-10-14-57(73)74/h2-49H2,1H3,(H2,59,65)(H,60,66)(H,61,67)(H,62,68)(H,63,69)(H,64,70)(H,71,72)(H,73,74). The van der Waals surface area contributed by atoms with Crippen molar-refractivity contribution < 1.29 is 105 Å². The van der Waals surface area contributed by atoms with Gasteiger partial charge in [0.2, 0.25) is 35.4 Å². The molecule has 0 aliphatic rings. The lowest BCUT2D eigenvalue weighted by Gasteiger charge is -2.32. The Kier molecular flexibility index (Phi) is 58.5. The van der Waals surface area contributed by atoms with Crippen LogP contribution in [0.3, 0.4) is 0 Å². The number of nitrogens with one attached hydrogen (secondary N) is 5. The molecule has 6 amide bonds. The highest BCUT2D eigenvalue weighted by atomic mass is 16.6. The predicted octanol–water partition coefficient (Wildman–Crippen LogP) is 1.84. The lowest BCUT2D eigenvalue weighted by atomic mass is 9.88. The van der Waals surface area contributed by atoms with Crippen molar-refractivity contribution in [3.05, 3.63) is 0 Å². The monoisotopic (exact) mass is 1240 g/mol. The van der Waals surface area contributed by atoms with E-state index in [-0.39, 0.29) is 154 Å². The lowest BCUT2D eigenvalue weighted by Crippen LogP contribution is -2.38. The van der Waals surface area contributed by atoms with Crippen LogP contribution in [0.5, 0.6) is 0 Å². The van der Waals surface area contributed by atoms with Crippen LogP contribution in [0.25, 0.3) is 0 Å². The number of hydrogen-bond donors (Lipinski definition) is 8. The van der Waals surface area contributed by atoms with E-state index in [4.69, 9.17) is 72.8 Å². The van der Waals surface area contributed by atoms with Gasteiger partial charge in [0.15, 0.2) is 0 Å². The fourth-order valence-corrected chi connectivity index (χ4v) is 7.47. The average molecular weight is 1240 g/mol. The van der Waals surface area contributed by atoms with Gasteiger partial charge >= 0.3 is 11.9 Å². The van der Waals surface area contributed by atoms with E-state index in [9.17, 15) is 38.4 Å². The normalized spacial score (nSPS) is 11.4. The van der Waals surface area contributed by atoms with Crippen LogP contribution in [0.4, 0.5) is 0 Å². The first-order valence-corrected chi connectivity index (χ1v) is 30.8. The van der Waals surface area contributed by atoms with Crippen LogP contribution < -0.4 is 32.3 Å². The Labute approximate surface area is 509 Å². The summed E-state index contributed by atoms with van der Waals surface area (Å²) in [6.45, 7) is 10.8. The number of nitrogens with two attached hydrogens (primary N) is 1. The molecule has 0 aromatic carbocycles. The maximum absolute atomic E-state index is 12.6. The van der Waals surface area contributed by atoms with Crippen molar-refractivity contribution in [3.8, 4) is 0 Å². The third-order valence-corrected chi connectivity index (χ3v) is 12.6. The summed E-state index contributed by atoms with van der Waals surface area (Å²) in [6.07, 6.45) is 10.5. The highest BCUT2D eigenvalue weighted by Crippen LogP contribution is 2.24. The van der Waals surface area contributed by atoms with Crippen LogP contribution in [0, 0.1) is 5.41 Å². The van der Waals surface area contributed by atoms with E-state index in [0.29, 0.717) is 138 Å². The molecule has 0 radical (unpaired) electrons. The van der Waals surface area contributed by atoms with Crippen LogP contribution in [-0.2, 0) is 95.2 Å². The second kappa shape index (κ2) is 61.9. The van der Waals surface area contributed by atoms with Crippen LogP contribution in [0.15, 0.2) is 0 Å². The first-order chi connectivity index (χ1) is 41.8. The zero-order valence-corrected chi connectivity index (χ0v) is 51.6. The number of rotatable bonds is 68. The molecule has 0 spiro atoms. The Balaban J connectivity index is 4.45. The van der Waals surface area contributed by atoms with Gasteiger partial charge in [0, 0.05) is 89.5 Å². The Morgan fingerprint density at radius 2 is 0.523 bits per heavy atom. The number of carboxylic acid groups (broad SMARTS) is 2. The fraction of sp³-hybridized carbons (Fsp3) is 0.862. The summed E-state index contributed by atoms with van der Waals surface area (Å²) in [7, 11) is 0. The van der Waals surface area contributed by atoms with Crippen LogP contribution in [-0.4, -0.2) is 249 Å². The number of aliphatic carboxylic acids is 2. The van der Waals surface area contributed by atoms with Gasteiger partial charge in [-0.05, 0) is 32.1 Å². The maximum Gasteiger partial charge on any atom is 0.303 e. The molecule has 0 unspecified atom stereocenters. The minimum atomic E-state index is -0.774. The second-order valence-electron chi connectivity index (χ2n) is 20.1. The van der Waals surface area contributed by atoms with Crippen LogP contribution in [0.1, 0.15) is 129 Å². The van der Waals surface area contributed by atoms with Gasteiger partial charge in [0.05, 0.1) is 159 Å². The van der Waals surface area contributed by atoms with Crippen molar-refractivity contribution in [2.24, 2.45) is 11.1 Å². The SMILES string of the molecule is CCC(COCCC(=O)NCCOCCOCCOCCC(N)=O)(COCCC(=O)NCCOCCOCCOCCC(=O)NCCCCCCCC(=O)O)COCCC(=O)NCCOCCOCCOCCC(=O)NCCCCCCCC(=O)O. The summed E-state index contributed by atoms with van der Waals surface area (Å²) in [5.74, 6) is -2.76.